The van der Waals surface area contributed by atoms with Crippen molar-refractivity contribution in [2.75, 3.05) is 18.0 Å². The van der Waals surface area contributed by atoms with Crippen molar-refractivity contribution >= 4 is 60.8 Å². The normalized spacial score (nSPS) is 15.7. The molecule has 0 N–H and O–H groups in total. The Balaban J connectivity index is 0.928. The second kappa shape index (κ2) is 15.2. The van der Waals surface area contributed by atoms with Crippen molar-refractivity contribution in [2.24, 2.45) is 7.05 Å². The Hall–Kier alpha value is -6.58. The van der Waals surface area contributed by atoms with Crippen LogP contribution in [0.4, 0.5) is 5.69 Å². The second-order valence-electron chi connectivity index (χ2n) is 22.2. The molecule has 0 amide bonds. The largest absolute Gasteiger partial charge is 0.488 e. The number of anilines is 1. The van der Waals surface area contributed by atoms with E-state index in [1.807, 2.05) is 71.9 Å². The number of benzene rings is 5. The van der Waals surface area contributed by atoms with Gasteiger partial charge in [0.25, 0.3) is 0 Å². The molecule has 0 unspecified atom stereocenters. The van der Waals surface area contributed by atoms with Gasteiger partial charge in [-0.3, -0.25) is 0 Å². The monoisotopic (exact) mass is 922 g/mol. The summed E-state index contributed by atoms with van der Waals surface area (Å²) < 4.78 is 27.2. The Morgan fingerprint density at radius 1 is 0.603 bits per heavy atom. The minimum atomic E-state index is -0.494. The summed E-state index contributed by atoms with van der Waals surface area (Å²) in [5.74, 6) is 1.16. The number of nitrogens with zero attached hydrogens (tertiary/aromatic N) is 2. The van der Waals surface area contributed by atoms with Crippen LogP contribution in [0.15, 0.2) is 122 Å². The molecule has 5 aromatic carbocycles. The summed E-state index contributed by atoms with van der Waals surface area (Å²) in [7, 11) is 2.11. The van der Waals surface area contributed by atoms with Crippen molar-refractivity contribution in [3.8, 4) is 54.6 Å². The maximum absolute atomic E-state index is 14.0. The molecule has 68 heavy (non-hydrogen) atoms. The number of rotatable bonds is 6. The molecule has 4 aromatic heterocycles. The predicted octanol–water partition coefficient (Wildman–Crippen LogP) is 14.8. The molecule has 0 radical (unpaired) electrons. The highest BCUT2D eigenvalue weighted by atomic mass is 32.1. The van der Waals surface area contributed by atoms with Crippen molar-refractivity contribution in [3.05, 3.63) is 135 Å². The van der Waals surface area contributed by atoms with Gasteiger partial charge in [-0.15, -0.1) is 11.3 Å². The fourth-order valence-electron chi connectivity index (χ4n) is 10.6. The molecule has 0 fully saturated rings. The van der Waals surface area contributed by atoms with Gasteiger partial charge in [-0.2, -0.15) is 0 Å². The minimum Gasteiger partial charge on any atom is -0.488 e. The van der Waals surface area contributed by atoms with Crippen LogP contribution >= 0.6 is 11.3 Å². The van der Waals surface area contributed by atoms with Gasteiger partial charge in [-0.05, 0) is 142 Å². The number of aryl methyl sites for hydroxylation is 1. The lowest BCUT2D eigenvalue weighted by Crippen LogP contribution is -2.44. The van der Waals surface area contributed by atoms with Gasteiger partial charge in [0.1, 0.15) is 33.9 Å². The first-order valence-electron chi connectivity index (χ1n) is 23.8. The third kappa shape index (κ3) is 7.50. The summed E-state index contributed by atoms with van der Waals surface area (Å²) in [5, 5.41) is 4.01. The molecule has 0 bridgehead atoms. The summed E-state index contributed by atoms with van der Waals surface area (Å²) in [6.45, 7) is 23.2. The zero-order valence-corrected chi connectivity index (χ0v) is 41.7. The number of thiophene rings is 1. The fourth-order valence-corrected chi connectivity index (χ4v) is 11.6. The van der Waals surface area contributed by atoms with E-state index >= 15 is 0 Å². The average molecular weight is 923 g/mol. The Morgan fingerprint density at radius 2 is 1.24 bits per heavy atom. The summed E-state index contributed by atoms with van der Waals surface area (Å²) in [6, 6.07) is 35.3. The molecule has 9 aromatic rings. The quantitative estimate of drug-likeness (QED) is 0.154. The van der Waals surface area contributed by atoms with Crippen molar-refractivity contribution < 1.29 is 18.3 Å². The first-order valence-corrected chi connectivity index (χ1v) is 24.6. The van der Waals surface area contributed by atoms with E-state index in [1.54, 1.807) is 17.4 Å². The first-order chi connectivity index (χ1) is 32.1. The van der Waals surface area contributed by atoms with Crippen LogP contribution in [0.3, 0.4) is 0 Å². The van der Waals surface area contributed by atoms with E-state index in [-0.39, 0.29) is 16.5 Å². The maximum atomic E-state index is 14.0. The summed E-state index contributed by atoms with van der Waals surface area (Å²) in [6.07, 6.45) is 2.12. The van der Waals surface area contributed by atoms with Gasteiger partial charge in [0.05, 0.1) is 16.5 Å². The van der Waals surface area contributed by atoms with E-state index in [0.29, 0.717) is 33.6 Å². The van der Waals surface area contributed by atoms with Crippen LogP contribution < -0.4 is 25.6 Å². The molecule has 0 saturated heterocycles. The molecular weight excluding hydrogens is 865 g/mol. The highest BCUT2D eigenvalue weighted by molar-refractivity contribution is 7.18. The van der Waals surface area contributed by atoms with E-state index < -0.39 is 16.8 Å². The summed E-state index contributed by atoms with van der Waals surface area (Å²) in [4.78, 5) is 32.1. The molecule has 0 spiro atoms. The standard InChI is InChI=1S/C59H58N2O6S/c1-56(2,3)66-38-30-47-42(48(31-38)67-57(4,5)6)32-41(54(62)64-47)35-14-12-13-33(25-35)34-15-17-39-40-18-16-36(29-46(40)60(11)45(39)28-34)49-19-20-50(68-49)43-26-37-27-44-52-51(53(37)65-55(43)63)59(9,10)22-24-61(52)23-21-58(44,7)8/h12-20,25-32H,21-24H2,1-11H3. The van der Waals surface area contributed by atoms with Crippen LogP contribution in [0.25, 0.3) is 86.9 Å². The van der Waals surface area contributed by atoms with Gasteiger partial charge in [0.15, 0.2) is 0 Å². The molecule has 0 atom stereocenters. The van der Waals surface area contributed by atoms with Gasteiger partial charge in [0, 0.05) is 80.5 Å². The average Bonchev–Trinajstić information content (AvgIpc) is 3.86. The highest BCUT2D eigenvalue weighted by Gasteiger charge is 2.42. The summed E-state index contributed by atoms with van der Waals surface area (Å²) in [5.41, 5.74) is 10.3. The first kappa shape index (κ1) is 44.0. The fraction of sp³-hybridized carbons (Fsp3) is 0.322. The van der Waals surface area contributed by atoms with Crippen LogP contribution in [0.2, 0.25) is 0 Å². The van der Waals surface area contributed by atoms with Gasteiger partial charge in [-0.1, -0.05) is 70.2 Å². The van der Waals surface area contributed by atoms with Gasteiger partial charge >= 0.3 is 11.3 Å². The second-order valence-corrected chi connectivity index (χ2v) is 23.3. The molecule has 8 nitrogen and oxygen atoms in total. The zero-order chi connectivity index (χ0) is 47.8. The minimum absolute atomic E-state index is 0.0291. The SMILES string of the molecule is Cn1c2cc(-c3cccc(-c4cc5c(OC(C)(C)C)cc(OC(C)(C)C)cc5oc4=O)c3)ccc2c2ccc(-c3ccc(-c4cc5cc6c7c(c5oc4=O)C(C)(C)CCN7CCC6(C)C)s3)cc21. The molecule has 9 heteroatoms. The van der Waals surface area contributed by atoms with Crippen molar-refractivity contribution in [2.45, 2.75) is 104 Å². The Kier molecular flexibility index (Phi) is 9.83. The Morgan fingerprint density at radius 3 is 1.96 bits per heavy atom. The molecule has 2 aliphatic heterocycles. The number of ether oxygens (including phenoxy) is 2. The van der Waals surface area contributed by atoms with E-state index in [0.717, 1.165) is 90.7 Å². The van der Waals surface area contributed by atoms with E-state index in [4.69, 9.17) is 18.3 Å². The molecule has 346 valence electrons. The van der Waals surface area contributed by atoms with Crippen LogP contribution in [0, 0.1) is 0 Å². The Bertz CT molecular complexity index is 3680. The van der Waals surface area contributed by atoms with Gasteiger partial charge < -0.3 is 27.8 Å². The maximum Gasteiger partial charge on any atom is 0.345 e. The van der Waals surface area contributed by atoms with E-state index in [2.05, 4.69) is 111 Å². The van der Waals surface area contributed by atoms with Crippen LogP contribution in [-0.2, 0) is 17.9 Å². The van der Waals surface area contributed by atoms with Crippen LogP contribution in [0.1, 0.15) is 93.2 Å². The lowest BCUT2D eigenvalue weighted by Gasteiger charge is -2.48. The van der Waals surface area contributed by atoms with Crippen molar-refractivity contribution in [1.82, 2.24) is 4.57 Å². The van der Waals surface area contributed by atoms with Crippen LogP contribution in [0.5, 0.6) is 11.5 Å². The lowest BCUT2D eigenvalue weighted by molar-refractivity contribution is 0.122. The van der Waals surface area contributed by atoms with Gasteiger partial charge in [0.2, 0.25) is 0 Å². The smallest absolute Gasteiger partial charge is 0.345 e. The molecule has 0 saturated carbocycles. The molecule has 11 rings (SSSR count). The highest BCUT2D eigenvalue weighted by Crippen LogP contribution is 2.52. The number of hydrogen-bond acceptors (Lipinski definition) is 8. The lowest BCUT2D eigenvalue weighted by atomic mass is 9.69. The zero-order valence-electron chi connectivity index (χ0n) is 40.9. The third-order valence-electron chi connectivity index (χ3n) is 14.0. The predicted molar refractivity (Wildman–Crippen MR) is 280 cm³/mol. The number of aromatic nitrogens is 1. The van der Waals surface area contributed by atoms with Crippen molar-refractivity contribution in [3.63, 3.8) is 0 Å². The molecule has 2 aliphatic rings. The molecule has 0 aliphatic carbocycles. The third-order valence-corrected chi connectivity index (χ3v) is 15.2. The topological polar surface area (TPSA) is 87.0 Å². The number of hydrogen-bond donors (Lipinski definition) is 0. The summed E-state index contributed by atoms with van der Waals surface area (Å²) >= 11 is 1.62. The van der Waals surface area contributed by atoms with Gasteiger partial charge in [-0.25, -0.2) is 9.59 Å². The molecule has 6 heterocycles. The number of fused-ring (bicyclic) bond motifs is 6. The van der Waals surface area contributed by atoms with Crippen molar-refractivity contribution in [1.29, 1.82) is 0 Å². The van der Waals surface area contributed by atoms with E-state index in [9.17, 15) is 9.59 Å². The van der Waals surface area contributed by atoms with E-state index in [1.165, 1.54) is 16.8 Å². The van der Waals surface area contributed by atoms with Crippen LogP contribution in [-0.4, -0.2) is 28.9 Å². The molecular formula is C59H58N2O6S. The Labute approximate surface area is 400 Å².